The molecule has 2 N–H and O–H groups in total. The fourth-order valence-corrected chi connectivity index (χ4v) is 3.21. The number of aryl methyl sites for hydroxylation is 1. The molecule has 4 nitrogen and oxygen atoms in total. The third-order valence-electron chi connectivity index (χ3n) is 4.42. The van der Waals surface area contributed by atoms with Gasteiger partial charge in [0.05, 0.1) is 0 Å². The summed E-state index contributed by atoms with van der Waals surface area (Å²) in [6, 6.07) is 7.65. The lowest BCUT2D eigenvalue weighted by Gasteiger charge is -2.09. The molecule has 1 aliphatic rings. The Balaban J connectivity index is 1.74. The maximum atomic E-state index is 12.2. The first-order valence-electron chi connectivity index (χ1n) is 8.14. The minimum Gasteiger partial charge on any atom is -0.358 e. The van der Waals surface area contributed by atoms with Gasteiger partial charge in [-0.15, -0.1) is 0 Å². The van der Waals surface area contributed by atoms with E-state index in [2.05, 4.69) is 23.3 Å². The molecule has 1 heterocycles. The lowest BCUT2D eigenvalue weighted by atomic mass is 10.1. The lowest BCUT2D eigenvalue weighted by molar-refractivity contribution is -0.123. The van der Waals surface area contributed by atoms with Crippen LogP contribution in [0.25, 0.3) is 10.9 Å². The molecule has 1 fully saturated rings. The van der Waals surface area contributed by atoms with Crippen molar-refractivity contribution in [2.24, 2.45) is 5.92 Å². The van der Waals surface area contributed by atoms with Crippen LogP contribution in [0.15, 0.2) is 24.3 Å². The molecular weight excluding hydrogens is 276 g/mol. The molecule has 4 heteroatoms. The van der Waals surface area contributed by atoms with Crippen molar-refractivity contribution in [3.8, 4) is 0 Å². The van der Waals surface area contributed by atoms with Crippen LogP contribution >= 0.6 is 0 Å². The number of amides is 2. The number of carbonyl (C=O) groups is 2. The molecule has 1 aromatic heterocycles. The predicted molar refractivity (Wildman–Crippen MR) is 86.7 cm³/mol. The zero-order chi connectivity index (χ0) is 15.5. The van der Waals surface area contributed by atoms with Gasteiger partial charge >= 0.3 is 0 Å². The number of carbonyl (C=O) groups excluding carboxylic acids is 2. The summed E-state index contributed by atoms with van der Waals surface area (Å²) in [5, 5.41) is 3.64. The van der Waals surface area contributed by atoms with Crippen LogP contribution in [0.2, 0.25) is 0 Å². The molecule has 3 rings (SSSR count). The van der Waals surface area contributed by atoms with Gasteiger partial charge in [0, 0.05) is 22.7 Å². The summed E-state index contributed by atoms with van der Waals surface area (Å²) in [4.78, 5) is 27.6. The minimum absolute atomic E-state index is 0.00863. The Morgan fingerprint density at radius 3 is 2.73 bits per heavy atom. The van der Waals surface area contributed by atoms with Gasteiger partial charge in [0.2, 0.25) is 5.91 Å². The van der Waals surface area contributed by atoms with E-state index in [4.69, 9.17) is 0 Å². The zero-order valence-corrected chi connectivity index (χ0v) is 12.9. The van der Waals surface area contributed by atoms with E-state index in [1.807, 2.05) is 12.1 Å². The quantitative estimate of drug-likeness (QED) is 0.848. The summed E-state index contributed by atoms with van der Waals surface area (Å²) in [5.41, 5.74) is 2.66. The summed E-state index contributed by atoms with van der Waals surface area (Å²) in [5.74, 6) is -0.416. The first-order valence-corrected chi connectivity index (χ1v) is 8.14. The third kappa shape index (κ3) is 3.06. The number of fused-ring (bicyclic) bond motifs is 1. The highest BCUT2D eigenvalue weighted by molar-refractivity contribution is 6.06. The number of imide groups is 1. The van der Waals surface area contributed by atoms with E-state index in [0.29, 0.717) is 5.56 Å². The molecule has 0 bridgehead atoms. The molecule has 1 saturated carbocycles. The molecule has 2 aromatic rings. The molecule has 1 aliphatic carbocycles. The van der Waals surface area contributed by atoms with Gasteiger partial charge in [-0.1, -0.05) is 32.3 Å². The van der Waals surface area contributed by atoms with Crippen molar-refractivity contribution in [3.63, 3.8) is 0 Å². The molecule has 0 atom stereocenters. The van der Waals surface area contributed by atoms with Gasteiger partial charge in [-0.25, -0.2) is 0 Å². The van der Waals surface area contributed by atoms with Gasteiger partial charge in [-0.05, 0) is 42.8 Å². The van der Waals surface area contributed by atoms with Gasteiger partial charge in [0.15, 0.2) is 0 Å². The Morgan fingerprint density at radius 1 is 1.23 bits per heavy atom. The maximum Gasteiger partial charge on any atom is 0.257 e. The summed E-state index contributed by atoms with van der Waals surface area (Å²) < 4.78 is 0. The fourth-order valence-electron chi connectivity index (χ4n) is 3.21. The number of hydrogen-bond acceptors (Lipinski definition) is 2. The largest absolute Gasteiger partial charge is 0.358 e. The number of aromatic amines is 1. The van der Waals surface area contributed by atoms with Gasteiger partial charge in [0.25, 0.3) is 5.91 Å². The van der Waals surface area contributed by atoms with E-state index >= 15 is 0 Å². The minimum atomic E-state index is -0.301. The second-order valence-corrected chi connectivity index (χ2v) is 6.15. The highest BCUT2D eigenvalue weighted by Crippen LogP contribution is 2.25. The van der Waals surface area contributed by atoms with Gasteiger partial charge in [0.1, 0.15) is 0 Å². The maximum absolute atomic E-state index is 12.2. The fraction of sp³-hybridized carbons (Fsp3) is 0.444. The molecule has 22 heavy (non-hydrogen) atoms. The van der Waals surface area contributed by atoms with E-state index in [1.54, 1.807) is 6.07 Å². The van der Waals surface area contributed by atoms with E-state index < -0.39 is 0 Å². The summed E-state index contributed by atoms with van der Waals surface area (Å²) in [7, 11) is 0. The molecule has 0 unspecified atom stereocenters. The number of aromatic nitrogens is 1. The van der Waals surface area contributed by atoms with E-state index in [0.717, 1.165) is 49.4 Å². The predicted octanol–water partition coefficient (Wildman–Crippen LogP) is 3.57. The van der Waals surface area contributed by atoms with E-state index in [9.17, 15) is 9.59 Å². The van der Waals surface area contributed by atoms with Crippen molar-refractivity contribution in [3.05, 3.63) is 35.5 Å². The summed E-state index contributed by atoms with van der Waals surface area (Å²) >= 11 is 0. The van der Waals surface area contributed by atoms with Crippen molar-refractivity contribution < 1.29 is 9.59 Å². The van der Waals surface area contributed by atoms with Crippen molar-refractivity contribution in [1.29, 1.82) is 0 Å². The smallest absolute Gasteiger partial charge is 0.257 e. The highest BCUT2D eigenvalue weighted by atomic mass is 16.2. The number of rotatable bonds is 4. The van der Waals surface area contributed by atoms with Crippen LogP contribution in [-0.2, 0) is 11.2 Å². The topological polar surface area (TPSA) is 62.0 Å². The number of benzene rings is 1. The van der Waals surface area contributed by atoms with Gasteiger partial charge in [-0.2, -0.15) is 0 Å². The number of nitrogens with one attached hydrogen (secondary N) is 2. The molecule has 116 valence electrons. The van der Waals surface area contributed by atoms with Crippen LogP contribution in [0.5, 0.6) is 0 Å². The SMILES string of the molecule is CCCc1cc2ccc(C(=O)NC(=O)C3CCCC3)cc2[nH]1. The Bertz CT molecular complexity index is 696. The molecule has 2 amide bonds. The van der Waals surface area contributed by atoms with Crippen LogP contribution < -0.4 is 5.32 Å². The van der Waals surface area contributed by atoms with Gasteiger partial charge < -0.3 is 4.98 Å². The molecular formula is C18H22N2O2. The summed E-state index contributed by atoms with van der Waals surface area (Å²) in [6.45, 7) is 2.14. The number of hydrogen-bond donors (Lipinski definition) is 2. The van der Waals surface area contributed by atoms with Crippen molar-refractivity contribution >= 4 is 22.7 Å². The van der Waals surface area contributed by atoms with Crippen LogP contribution in [-0.4, -0.2) is 16.8 Å². The Hall–Kier alpha value is -2.10. The summed E-state index contributed by atoms with van der Waals surface area (Å²) in [6.07, 6.45) is 6.04. The average molecular weight is 298 g/mol. The Labute approximate surface area is 130 Å². The monoisotopic (exact) mass is 298 g/mol. The normalized spacial score (nSPS) is 15.3. The van der Waals surface area contributed by atoms with Crippen LogP contribution in [0.4, 0.5) is 0 Å². The zero-order valence-electron chi connectivity index (χ0n) is 12.9. The lowest BCUT2D eigenvalue weighted by Crippen LogP contribution is -2.34. The molecule has 0 aliphatic heterocycles. The highest BCUT2D eigenvalue weighted by Gasteiger charge is 2.24. The van der Waals surface area contributed by atoms with Crippen LogP contribution in [0, 0.1) is 5.92 Å². The van der Waals surface area contributed by atoms with Gasteiger partial charge in [-0.3, -0.25) is 14.9 Å². The van der Waals surface area contributed by atoms with Crippen molar-refractivity contribution in [1.82, 2.24) is 10.3 Å². The van der Waals surface area contributed by atoms with E-state index in [-0.39, 0.29) is 17.7 Å². The van der Waals surface area contributed by atoms with Crippen molar-refractivity contribution in [2.45, 2.75) is 45.4 Å². The van der Waals surface area contributed by atoms with Crippen molar-refractivity contribution in [2.75, 3.05) is 0 Å². The van der Waals surface area contributed by atoms with E-state index in [1.165, 1.54) is 5.69 Å². The number of H-pyrrole nitrogens is 1. The Morgan fingerprint density at radius 2 is 2.00 bits per heavy atom. The molecule has 0 spiro atoms. The third-order valence-corrected chi connectivity index (χ3v) is 4.42. The van der Waals surface area contributed by atoms with Crippen LogP contribution in [0.3, 0.4) is 0 Å². The Kier molecular flexibility index (Phi) is 4.27. The van der Waals surface area contributed by atoms with Crippen LogP contribution in [0.1, 0.15) is 55.1 Å². The average Bonchev–Trinajstić information content (AvgIpc) is 3.15. The second-order valence-electron chi connectivity index (χ2n) is 6.15. The molecule has 0 radical (unpaired) electrons. The standard InChI is InChI=1S/C18H22N2O2/c1-2-5-15-10-13-8-9-14(11-16(13)19-15)18(22)20-17(21)12-6-3-4-7-12/h8-12,19H,2-7H2,1H3,(H,20,21,22). The first kappa shape index (κ1) is 14.8. The second kappa shape index (κ2) is 6.34. The molecule has 1 aromatic carbocycles. The molecule has 0 saturated heterocycles. The first-order chi connectivity index (χ1) is 10.7.